The zero-order valence-corrected chi connectivity index (χ0v) is 21.7. The number of ether oxygens (including phenoxy) is 2. The second kappa shape index (κ2) is 10.1. The lowest BCUT2D eigenvalue weighted by Crippen LogP contribution is -2.52. The molecule has 0 saturated carbocycles. The maximum Gasteiger partial charge on any atom is 0.573 e. The number of hydrogen-bond donors (Lipinski definition) is 1. The lowest BCUT2D eigenvalue weighted by Gasteiger charge is -2.29. The molecular formula is C25H19Cl2F3N4O5. The highest BCUT2D eigenvalue weighted by Crippen LogP contribution is 2.37. The lowest BCUT2D eigenvalue weighted by molar-refractivity contribution is -0.274. The Morgan fingerprint density at radius 1 is 1.13 bits per heavy atom. The molecule has 14 heteroatoms. The van der Waals surface area contributed by atoms with E-state index in [2.05, 4.69) is 15.2 Å². The van der Waals surface area contributed by atoms with E-state index in [1.165, 1.54) is 9.58 Å². The van der Waals surface area contributed by atoms with Crippen molar-refractivity contribution in [1.29, 1.82) is 0 Å². The predicted molar refractivity (Wildman–Crippen MR) is 132 cm³/mol. The first-order valence-corrected chi connectivity index (χ1v) is 12.4. The van der Waals surface area contributed by atoms with Crippen LogP contribution in [0, 0.1) is 6.92 Å². The van der Waals surface area contributed by atoms with Crippen molar-refractivity contribution < 1.29 is 37.0 Å². The van der Waals surface area contributed by atoms with Gasteiger partial charge in [-0.1, -0.05) is 29.3 Å². The topological polar surface area (TPSA) is 103 Å². The minimum Gasteiger partial charge on any atom is -0.487 e. The van der Waals surface area contributed by atoms with Gasteiger partial charge in [0.05, 0.1) is 16.6 Å². The molecule has 2 aromatic carbocycles. The maximum atomic E-state index is 13.0. The average Bonchev–Trinajstić information content (AvgIpc) is 3.36. The van der Waals surface area contributed by atoms with Gasteiger partial charge >= 0.3 is 6.36 Å². The van der Waals surface area contributed by atoms with E-state index in [4.69, 9.17) is 27.9 Å². The number of aromatic nitrogens is 2. The van der Waals surface area contributed by atoms with Gasteiger partial charge in [-0.2, -0.15) is 5.10 Å². The molecule has 3 amide bonds. The van der Waals surface area contributed by atoms with Gasteiger partial charge in [0.1, 0.15) is 35.5 Å². The molecule has 2 aliphatic rings. The molecule has 1 atom stereocenters. The molecule has 0 aliphatic carbocycles. The van der Waals surface area contributed by atoms with Crippen LogP contribution in [0.5, 0.6) is 11.5 Å². The van der Waals surface area contributed by atoms with Crippen molar-refractivity contribution in [1.82, 2.24) is 20.0 Å². The minimum absolute atomic E-state index is 0.0125. The van der Waals surface area contributed by atoms with Crippen LogP contribution in [0.2, 0.25) is 10.0 Å². The average molecular weight is 583 g/mol. The highest BCUT2D eigenvalue weighted by molar-refractivity contribution is 6.38. The number of carbonyl (C=O) groups excluding carboxylic acids is 3. The van der Waals surface area contributed by atoms with Crippen molar-refractivity contribution in [2.24, 2.45) is 0 Å². The van der Waals surface area contributed by atoms with Crippen molar-refractivity contribution in [3.63, 3.8) is 0 Å². The number of alkyl halides is 3. The van der Waals surface area contributed by atoms with Crippen LogP contribution in [0.4, 0.5) is 13.2 Å². The van der Waals surface area contributed by atoms with Crippen molar-refractivity contribution in [3.05, 3.63) is 69.0 Å². The van der Waals surface area contributed by atoms with E-state index < -0.39 is 24.1 Å². The Morgan fingerprint density at radius 2 is 1.85 bits per heavy atom. The Hall–Kier alpha value is -3.77. The van der Waals surface area contributed by atoms with Gasteiger partial charge in [0.15, 0.2) is 0 Å². The molecule has 0 spiro atoms. The summed E-state index contributed by atoms with van der Waals surface area (Å²) in [5, 5.41) is 6.49. The van der Waals surface area contributed by atoms with E-state index in [9.17, 15) is 27.6 Å². The van der Waals surface area contributed by atoms with Gasteiger partial charge in [-0.3, -0.25) is 19.7 Å². The lowest BCUT2D eigenvalue weighted by atomic mass is 10.0. The highest BCUT2D eigenvalue weighted by Gasteiger charge is 2.40. The minimum atomic E-state index is -4.90. The molecule has 1 saturated heterocycles. The molecule has 3 heterocycles. The van der Waals surface area contributed by atoms with Crippen LogP contribution in [-0.4, -0.2) is 44.8 Å². The first kappa shape index (κ1) is 26.8. The summed E-state index contributed by atoms with van der Waals surface area (Å²) in [6, 6.07) is 7.92. The third kappa shape index (κ3) is 5.39. The Morgan fingerprint density at radius 3 is 2.51 bits per heavy atom. The summed E-state index contributed by atoms with van der Waals surface area (Å²) in [4.78, 5) is 38.3. The molecule has 204 valence electrons. The fraction of sp³-hybridized carbons (Fsp3) is 0.280. The quantitative estimate of drug-likeness (QED) is 0.422. The summed E-state index contributed by atoms with van der Waals surface area (Å²) in [5.41, 5.74) is 2.22. The van der Waals surface area contributed by atoms with Crippen molar-refractivity contribution >= 4 is 40.9 Å². The number of piperidine rings is 1. The third-order valence-corrected chi connectivity index (χ3v) is 6.86. The van der Waals surface area contributed by atoms with Crippen LogP contribution >= 0.6 is 23.2 Å². The molecule has 9 nitrogen and oxygen atoms in total. The largest absolute Gasteiger partial charge is 0.573 e. The van der Waals surface area contributed by atoms with E-state index in [0.29, 0.717) is 28.3 Å². The summed E-state index contributed by atoms with van der Waals surface area (Å²) in [6.45, 7) is 1.84. The highest BCUT2D eigenvalue weighted by atomic mass is 35.5. The summed E-state index contributed by atoms with van der Waals surface area (Å²) < 4.78 is 49.0. The number of nitrogens with one attached hydrogen (secondary N) is 1. The summed E-state index contributed by atoms with van der Waals surface area (Å²) in [7, 11) is 0. The molecule has 1 unspecified atom stereocenters. The number of benzene rings is 2. The zero-order chi connectivity index (χ0) is 28.1. The van der Waals surface area contributed by atoms with E-state index >= 15 is 0 Å². The molecular weight excluding hydrogens is 564 g/mol. The third-order valence-electron chi connectivity index (χ3n) is 6.29. The molecule has 0 bridgehead atoms. The van der Waals surface area contributed by atoms with E-state index in [0.717, 1.165) is 12.1 Å². The SMILES string of the molecule is Cc1cc(COc2cccc3c2CN(C2CCC(=O)NC2=O)C3=O)nn1-c1c(Cl)cc(OC(F)(F)F)cc1Cl. The van der Waals surface area contributed by atoms with Crippen LogP contribution in [0.15, 0.2) is 36.4 Å². The summed E-state index contributed by atoms with van der Waals surface area (Å²) in [5.74, 6) is -1.34. The van der Waals surface area contributed by atoms with Crippen LogP contribution in [-0.2, 0) is 22.7 Å². The number of aryl methyl sites for hydroxylation is 1. The van der Waals surface area contributed by atoms with Crippen molar-refractivity contribution in [2.75, 3.05) is 0 Å². The molecule has 0 radical (unpaired) electrons. The Kier molecular flexibility index (Phi) is 6.93. The van der Waals surface area contributed by atoms with Crippen LogP contribution < -0.4 is 14.8 Å². The second-order valence-corrected chi connectivity index (χ2v) is 9.76. The molecule has 3 aromatic rings. The second-order valence-electron chi connectivity index (χ2n) is 8.94. The number of carbonyl (C=O) groups is 3. The number of hydrogen-bond acceptors (Lipinski definition) is 6. The van der Waals surface area contributed by atoms with Gasteiger partial charge < -0.3 is 14.4 Å². The Labute approximate surface area is 229 Å². The monoisotopic (exact) mass is 582 g/mol. The van der Waals surface area contributed by atoms with Crippen LogP contribution in [0.3, 0.4) is 0 Å². The fourth-order valence-corrected chi connectivity index (χ4v) is 5.24. The molecule has 1 fully saturated rings. The normalized spacial score (nSPS) is 17.3. The van der Waals surface area contributed by atoms with Gasteiger partial charge in [0.2, 0.25) is 11.8 Å². The van der Waals surface area contributed by atoms with Gasteiger partial charge in [-0.15, -0.1) is 13.2 Å². The van der Waals surface area contributed by atoms with E-state index in [1.807, 2.05) is 0 Å². The Balaban J connectivity index is 1.34. The van der Waals surface area contributed by atoms with E-state index in [-0.39, 0.29) is 53.5 Å². The first-order chi connectivity index (χ1) is 18.4. The maximum absolute atomic E-state index is 13.0. The number of halogens is 5. The molecule has 39 heavy (non-hydrogen) atoms. The number of imide groups is 1. The van der Waals surface area contributed by atoms with E-state index in [1.54, 1.807) is 31.2 Å². The molecule has 1 aromatic heterocycles. The number of nitrogens with zero attached hydrogens (tertiary/aromatic N) is 3. The fourth-order valence-electron chi connectivity index (χ4n) is 4.62. The standard InChI is InChI=1S/C25H19Cl2F3N4O5/c1-12-7-13(32-34(12)22-17(26)8-14(9-18(22)27)39-25(28,29)30)11-38-20-4-2-3-15-16(20)10-33(24(15)37)19-5-6-21(35)31-23(19)36/h2-4,7-9,19H,5-6,10-11H2,1H3,(H,31,35,36). The van der Waals surface area contributed by atoms with Gasteiger partial charge in [-0.05, 0) is 31.5 Å². The molecule has 5 rings (SSSR count). The van der Waals surface area contributed by atoms with Gasteiger partial charge in [0.25, 0.3) is 5.91 Å². The number of rotatable bonds is 6. The van der Waals surface area contributed by atoms with Crippen LogP contribution in [0.25, 0.3) is 5.69 Å². The Bertz CT molecular complexity index is 1480. The van der Waals surface area contributed by atoms with Gasteiger partial charge in [-0.25, -0.2) is 4.68 Å². The summed E-state index contributed by atoms with van der Waals surface area (Å²) in [6.07, 6.45) is -4.51. The van der Waals surface area contributed by atoms with Crippen LogP contribution in [0.1, 0.15) is 40.2 Å². The smallest absolute Gasteiger partial charge is 0.487 e. The number of amides is 3. The van der Waals surface area contributed by atoms with Crippen molar-refractivity contribution in [2.45, 2.75) is 45.3 Å². The zero-order valence-electron chi connectivity index (χ0n) is 20.1. The van der Waals surface area contributed by atoms with Gasteiger partial charge in [0, 0.05) is 35.4 Å². The molecule has 1 N–H and O–H groups in total. The predicted octanol–water partition coefficient (Wildman–Crippen LogP) is 4.73. The molecule has 2 aliphatic heterocycles. The summed E-state index contributed by atoms with van der Waals surface area (Å²) >= 11 is 12.4. The van der Waals surface area contributed by atoms with Crippen molar-refractivity contribution in [3.8, 4) is 17.2 Å². The number of fused-ring (bicyclic) bond motifs is 1. The first-order valence-electron chi connectivity index (χ1n) is 11.6.